The number of benzene rings is 2. The quantitative estimate of drug-likeness (QED) is 0.427. The van der Waals surface area contributed by atoms with E-state index in [0.717, 1.165) is 23.3 Å². The predicted molar refractivity (Wildman–Crippen MR) is 117 cm³/mol. The molecule has 0 aliphatic heterocycles. The van der Waals surface area contributed by atoms with Gasteiger partial charge in [0, 0.05) is 0 Å². The molecule has 1 unspecified atom stereocenters. The zero-order chi connectivity index (χ0) is 20.4. The Morgan fingerprint density at radius 1 is 0.862 bits per heavy atom. The van der Waals surface area contributed by atoms with Gasteiger partial charge in [-0.05, 0) is 84.6 Å². The first kappa shape index (κ1) is 20.8. The fourth-order valence-corrected chi connectivity index (χ4v) is 5.82. The summed E-state index contributed by atoms with van der Waals surface area (Å²) in [6, 6.07) is 10.9. The smallest absolute Gasteiger partial charge is 0.145 e. The average Bonchev–Trinajstić information content (AvgIpc) is 2.75. The Bertz CT molecular complexity index is 806. The van der Waals surface area contributed by atoms with Crippen LogP contribution in [0.2, 0.25) is 5.02 Å². The van der Waals surface area contributed by atoms with E-state index in [1.54, 1.807) is 0 Å². The van der Waals surface area contributed by atoms with Crippen molar-refractivity contribution >= 4 is 11.6 Å². The standard InChI is InChI=1S/C26H31ClF2/c1-2-3-4-17-5-6-22-14-21(12-11-20(22)13-17)18-7-9-19(10-8-18)23-15-24(28)26(27)25(29)16-23/h7-10,15-17,20-22H,2-6,11-14H2,1H3/t17?,20-,21-,22-/m1/s1. The van der Waals surface area contributed by atoms with Gasteiger partial charge < -0.3 is 0 Å². The van der Waals surface area contributed by atoms with E-state index < -0.39 is 16.7 Å². The lowest BCUT2D eigenvalue weighted by Gasteiger charge is -2.42. The molecule has 0 radical (unpaired) electrons. The van der Waals surface area contributed by atoms with Crippen molar-refractivity contribution < 1.29 is 8.78 Å². The normalized spacial score (nSPS) is 26.9. The van der Waals surface area contributed by atoms with Gasteiger partial charge in [-0.15, -0.1) is 0 Å². The predicted octanol–water partition coefficient (Wildman–Crippen LogP) is 8.78. The van der Waals surface area contributed by atoms with Crippen LogP contribution in [0.25, 0.3) is 11.1 Å². The van der Waals surface area contributed by atoms with E-state index in [1.807, 2.05) is 12.1 Å². The maximum Gasteiger partial charge on any atom is 0.145 e. The van der Waals surface area contributed by atoms with E-state index in [0.29, 0.717) is 11.5 Å². The van der Waals surface area contributed by atoms with Gasteiger partial charge in [-0.1, -0.05) is 68.5 Å². The molecule has 0 N–H and O–H groups in total. The van der Waals surface area contributed by atoms with Crippen LogP contribution in [0.1, 0.15) is 76.2 Å². The molecule has 0 aromatic heterocycles. The minimum absolute atomic E-state index is 0.438. The Morgan fingerprint density at radius 2 is 1.52 bits per heavy atom. The molecule has 0 nitrogen and oxygen atoms in total. The van der Waals surface area contributed by atoms with Crippen molar-refractivity contribution in [1.82, 2.24) is 0 Å². The Morgan fingerprint density at radius 3 is 2.21 bits per heavy atom. The lowest BCUT2D eigenvalue weighted by Crippen LogP contribution is -2.30. The Kier molecular flexibility index (Phi) is 6.59. The fraction of sp³-hybridized carbons (Fsp3) is 0.538. The monoisotopic (exact) mass is 416 g/mol. The zero-order valence-electron chi connectivity index (χ0n) is 17.3. The van der Waals surface area contributed by atoms with Crippen molar-refractivity contribution in [1.29, 1.82) is 0 Å². The van der Waals surface area contributed by atoms with Gasteiger partial charge in [0.1, 0.15) is 16.7 Å². The van der Waals surface area contributed by atoms with Crippen molar-refractivity contribution in [3.63, 3.8) is 0 Å². The van der Waals surface area contributed by atoms with Gasteiger partial charge in [0.05, 0.1) is 0 Å². The first-order valence-electron chi connectivity index (χ1n) is 11.3. The number of hydrogen-bond acceptors (Lipinski definition) is 0. The summed E-state index contributed by atoms with van der Waals surface area (Å²) in [6.07, 6.45) is 12.3. The third kappa shape index (κ3) is 4.68. The lowest BCUT2D eigenvalue weighted by atomic mass is 9.63. The highest BCUT2D eigenvalue weighted by molar-refractivity contribution is 6.31. The van der Waals surface area contributed by atoms with Gasteiger partial charge in [0.2, 0.25) is 0 Å². The molecular formula is C26H31ClF2. The van der Waals surface area contributed by atoms with Gasteiger partial charge in [0.25, 0.3) is 0 Å². The van der Waals surface area contributed by atoms with Crippen LogP contribution in [0.4, 0.5) is 8.78 Å². The fourth-order valence-electron chi connectivity index (χ4n) is 5.71. The van der Waals surface area contributed by atoms with E-state index in [4.69, 9.17) is 11.6 Å². The zero-order valence-corrected chi connectivity index (χ0v) is 18.0. The van der Waals surface area contributed by atoms with Crippen LogP contribution in [-0.2, 0) is 0 Å². The molecule has 0 amide bonds. The van der Waals surface area contributed by atoms with Crippen molar-refractivity contribution in [2.24, 2.45) is 17.8 Å². The van der Waals surface area contributed by atoms with Crippen LogP contribution in [0, 0.1) is 29.4 Å². The second kappa shape index (κ2) is 9.16. The Hall–Kier alpha value is -1.41. The molecular weight excluding hydrogens is 386 g/mol. The summed E-state index contributed by atoms with van der Waals surface area (Å²) in [6.45, 7) is 2.29. The summed E-state index contributed by atoms with van der Waals surface area (Å²) in [5.74, 6) is 1.98. The van der Waals surface area contributed by atoms with Crippen molar-refractivity contribution in [3.8, 4) is 11.1 Å². The summed E-state index contributed by atoms with van der Waals surface area (Å²) in [4.78, 5) is 0. The molecule has 2 aromatic carbocycles. The van der Waals surface area contributed by atoms with Crippen LogP contribution < -0.4 is 0 Å². The number of fused-ring (bicyclic) bond motifs is 1. The number of hydrogen-bond donors (Lipinski definition) is 0. The summed E-state index contributed by atoms with van der Waals surface area (Å²) in [5, 5.41) is -0.438. The topological polar surface area (TPSA) is 0 Å². The Balaban J connectivity index is 1.41. The first-order chi connectivity index (χ1) is 14.0. The van der Waals surface area contributed by atoms with Crippen LogP contribution >= 0.6 is 11.6 Å². The van der Waals surface area contributed by atoms with Crippen molar-refractivity contribution in [2.75, 3.05) is 0 Å². The van der Waals surface area contributed by atoms with Gasteiger partial charge in [-0.25, -0.2) is 8.78 Å². The molecule has 0 spiro atoms. The van der Waals surface area contributed by atoms with Gasteiger partial charge >= 0.3 is 0 Å². The first-order valence-corrected chi connectivity index (χ1v) is 11.7. The molecule has 0 heterocycles. The molecule has 0 saturated heterocycles. The lowest BCUT2D eigenvalue weighted by molar-refractivity contribution is 0.113. The highest BCUT2D eigenvalue weighted by atomic mass is 35.5. The maximum atomic E-state index is 13.8. The summed E-state index contributed by atoms with van der Waals surface area (Å²) in [7, 11) is 0. The van der Waals surface area contributed by atoms with Gasteiger partial charge in [-0.2, -0.15) is 0 Å². The highest BCUT2D eigenvalue weighted by Crippen LogP contribution is 2.48. The number of halogens is 3. The van der Waals surface area contributed by atoms with Crippen LogP contribution in [0.3, 0.4) is 0 Å². The van der Waals surface area contributed by atoms with E-state index in [-0.39, 0.29) is 0 Å². The molecule has 3 heteroatoms. The average molecular weight is 417 g/mol. The highest BCUT2D eigenvalue weighted by Gasteiger charge is 2.35. The van der Waals surface area contributed by atoms with E-state index in [2.05, 4.69) is 19.1 Å². The van der Waals surface area contributed by atoms with Gasteiger partial charge in [-0.3, -0.25) is 0 Å². The maximum absolute atomic E-state index is 13.8. The van der Waals surface area contributed by atoms with Crippen molar-refractivity contribution in [2.45, 2.75) is 70.6 Å². The molecule has 2 saturated carbocycles. The molecule has 2 aliphatic carbocycles. The molecule has 2 aliphatic rings. The van der Waals surface area contributed by atoms with E-state index in [9.17, 15) is 8.78 Å². The SMILES string of the molecule is CCCCC1CC[C@@H]2C[C@H](c3ccc(-c4cc(F)c(Cl)c(F)c4)cc3)CC[C@@H]2C1. The van der Waals surface area contributed by atoms with Gasteiger partial charge in [0.15, 0.2) is 0 Å². The molecule has 2 aromatic rings. The molecule has 4 atom stereocenters. The second-order valence-corrected chi connectivity index (χ2v) is 9.61. The van der Waals surface area contributed by atoms with E-state index in [1.165, 1.54) is 75.5 Å². The third-order valence-corrected chi connectivity index (χ3v) is 7.75. The minimum Gasteiger partial charge on any atom is -0.205 e. The number of unbranched alkanes of at least 4 members (excludes halogenated alkanes) is 1. The third-order valence-electron chi connectivity index (χ3n) is 7.39. The molecule has 2 fully saturated rings. The number of rotatable bonds is 5. The Labute approximate surface area is 178 Å². The largest absolute Gasteiger partial charge is 0.205 e. The molecule has 4 rings (SSSR count). The second-order valence-electron chi connectivity index (χ2n) is 9.23. The molecule has 29 heavy (non-hydrogen) atoms. The minimum atomic E-state index is -0.710. The summed E-state index contributed by atoms with van der Waals surface area (Å²) in [5.41, 5.74) is 2.73. The van der Waals surface area contributed by atoms with Crippen LogP contribution in [-0.4, -0.2) is 0 Å². The van der Waals surface area contributed by atoms with E-state index >= 15 is 0 Å². The summed E-state index contributed by atoms with van der Waals surface area (Å²) >= 11 is 5.60. The van der Waals surface area contributed by atoms with Crippen LogP contribution in [0.15, 0.2) is 36.4 Å². The van der Waals surface area contributed by atoms with Crippen molar-refractivity contribution in [3.05, 3.63) is 58.6 Å². The molecule has 0 bridgehead atoms. The van der Waals surface area contributed by atoms with Crippen LogP contribution in [0.5, 0.6) is 0 Å². The summed E-state index contributed by atoms with van der Waals surface area (Å²) < 4.78 is 27.6. The molecule has 156 valence electrons.